The van der Waals surface area contributed by atoms with Crippen LogP contribution >= 0.6 is 0 Å². The average molecular weight is 312 g/mol. The van der Waals surface area contributed by atoms with E-state index in [0.717, 1.165) is 36.7 Å². The van der Waals surface area contributed by atoms with Crippen molar-refractivity contribution in [2.24, 2.45) is 18.9 Å². The summed E-state index contributed by atoms with van der Waals surface area (Å²) < 4.78 is 1.73. The van der Waals surface area contributed by atoms with Crippen LogP contribution in [0.3, 0.4) is 0 Å². The van der Waals surface area contributed by atoms with Crippen molar-refractivity contribution in [2.75, 3.05) is 29.4 Å². The van der Waals surface area contributed by atoms with Crippen LogP contribution in [0.4, 0.5) is 11.6 Å². The highest BCUT2D eigenvalue weighted by molar-refractivity contribution is 5.96. The minimum atomic E-state index is 0.0221. The lowest BCUT2D eigenvalue weighted by Crippen LogP contribution is -2.45. The standard InChI is InChI=1S/C16H20N6O/c1-11-5-17-16(18-6-11)21-8-12-3-4-22(15(23)14(12)10-21)13-7-19-20(2)9-13/h5-7,9,12,14H,3-4,8,10H2,1-2H3. The maximum Gasteiger partial charge on any atom is 0.232 e. The van der Waals surface area contributed by atoms with Crippen LogP contribution in [-0.4, -0.2) is 45.3 Å². The van der Waals surface area contributed by atoms with Gasteiger partial charge in [-0.25, -0.2) is 9.97 Å². The number of fused-ring (bicyclic) bond motifs is 1. The van der Waals surface area contributed by atoms with Crippen LogP contribution in [0.2, 0.25) is 0 Å². The summed E-state index contributed by atoms with van der Waals surface area (Å²) in [6, 6.07) is 0. The Hall–Kier alpha value is -2.44. The maximum absolute atomic E-state index is 12.9. The van der Waals surface area contributed by atoms with Crippen molar-refractivity contribution in [3.05, 3.63) is 30.4 Å². The third-order valence-electron chi connectivity index (χ3n) is 4.80. The molecule has 4 rings (SSSR count). The first-order chi connectivity index (χ1) is 11.1. The third-order valence-corrected chi connectivity index (χ3v) is 4.80. The number of amides is 1. The molecular weight excluding hydrogens is 292 g/mol. The van der Waals surface area contributed by atoms with Gasteiger partial charge in [0, 0.05) is 45.3 Å². The summed E-state index contributed by atoms with van der Waals surface area (Å²) in [6.07, 6.45) is 8.32. The van der Waals surface area contributed by atoms with E-state index in [1.165, 1.54) is 0 Å². The molecule has 4 heterocycles. The molecular formula is C16H20N6O. The molecule has 7 nitrogen and oxygen atoms in total. The van der Waals surface area contributed by atoms with Crippen molar-refractivity contribution >= 4 is 17.5 Å². The van der Waals surface area contributed by atoms with E-state index in [1.807, 2.05) is 37.5 Å². The Labute approximate surface area is 134 Å². The molecule has 2 unspecified atom stereocenters. The van der Waals surface area contributed by atoms with Gasteiger partial charge in [0.25, 0.3) is 0 Å². The van der Waals surface area contributed by atoms with Crippen LogP contribution in [0.15, 0.2) is 24.8 Å². The van der Waals surface area contributed by atoms with Crippen molar-refractivity contribution in [1.29, 1.82) is 0 Å². The fourth-order valence-electron chi connectivity index (χ4n) is 3.57. The number of carbonyl (C=O) groups is 1. The second-order valence-electron chi connectivity index (χ2n) is 6.48. The fourth-order valence-corrected chi connectivity index (χ4v) is 3.57. The highest BCUT2D eigenvalue weighted by Gasteiger charge is 2.44. The normalized spacial score (nSPS) is 24.2. The van der Waals surface area contributed by atoms with Gasteiger partial charge in [0.2, 0.25) is 11.9 Å². The summed E-state index contributed by atoms with van der Waals surface area (Å²) >= 11 is 0. The largest absolute Gasteiger partial charge is 0.340 e. The number of nitrogens with zero attached hydrogens (tertiary/aromatic N) is 6. The lowest BCUT2D eigenvalue weighted by Gasteiger charge is -2.32. The Kier molecular flexibility index (Phi) is 3.28. The Balaban J connectivity index is 1.53. The SMILES string of the molecule is Cc1cnc(N2CC3CCN(c4cnn(C)c4)C(=O)C3C2)nc1. The second-order valence-corrected chi connectivity index (χ2v) is 6.48. The van der Waals surface area contributed by atoms with E-state index in [2.05, 4.69) is 20.0 Å². The van der Waals surface area contributed by atoms with Crippen molar-refractivity contribution in [3.63, 3.8) is 0 Å². The molecule has 0 N–H and O–H groups in total. The molecule has 2 aliphatic rings. The van der Waals surface area contributed by atoms with E-state index >= 15 is 0 Å². The Morgan fingerprint density at radius 2 is 1.96 bits per heavy atom. The van der Waals surface area contributed by atoms with E-state index in [1.54, 1.807) is 10.9 Å². The van der Waals surface area contributed by atoms with Crippen molar-refractivity contribution < 1.29 is 4.79 Å². The van der Waals surface area contributed by atoms with Crippen LogP contribution in [0.1, 0.15) is 12.0 Å². The molecule has 1 amide bonds. The second kappa shape index (κ2) is 5.33. The van der Waals surface area contributed by atoms with Gasteiger partial charge in [-0.05, 0) is 24.8 Å². The number of anilines is 2. The smallest absolute Gasteiger partial charge is 0.232 e. The van der Waals surface area contributed by atoms with E-state index in [-0.39, 0.29) is 11.8 Å². The number of aryl methyl sites for hydroxylation is 2. The first-order valence-electron chi connectivity index (χ1n) is 7.95. The number of carbonyl (C=O) groups excluding carboxylic acids is 1. The van der Waals surface area contributed by atoms with Gasteiger partial charge in [-0.15, -0.1) is 0 Å². The van der Waals surface area contributed by atoms with Crippen LogP contribution in [0.5, 0.6) is 0 Å². The molecule has 0 aromatic carbocycles. The monoisotopic (exact) mass is 312 g/mol. The van der Waals surface area contributed by atoms with Crippen molar-refractivity contribution in [1.82, 2.24) is 19.7 Å². The number of hydrogen-bond acceptors (Lipinski definition) is 5. The zero-order valence-electron chi connectivity index (χ0n) is 13.4. The quantitative estimate of drug-likeness (QED) is 0.828. The molecule has 2 aromatic rings. The number of piperidine rings is 1. The lowest BCUT2D eigenvalue weighted by atomic mass is 9.88. The highest BCUT2D eigenvalue weighted by Crippen LogP contribution is 2.35. The van der Waals surface area contributed by atoms with E-state index in [0.29, 0.717) is 12.5 Å². The Morgan fingerprint density at radius 3 is 2.65 bits per heavy atom. The first-order valence-corrected chi connectivity index (χ1v) is 7.95. The maximum atomic E-state index is 12.9. The molecule has 0 aliphatic carbocycles. The molecule has 0 saturated carbocycles. The van der Waals surface area contributed by atoms with Crippen LogP contribution in [-0.2, 0) is 11.8 Å². The van der Waals surface area contributed by atoms with Crippen LogP contribution in [0.25, 0.3) is 0 Å². The lowest BCUT2D eigenvalue weighted by molar-refractivity contribution is -0.124. The highest BCUT2D eigenvalue weighted by atomic mass is 16.2. The molecule has 2 fully saturated rings. The van der Waals surface area contributed by atoms with Crippen molar-refractivity contribution in [2.45, 2.75) is 13.3 Å². The molecule has 0 spiro atoms. The minimum Gasteiger partial charge on any atom is -0.340 e. The summed E-state index contributed by atoms with van der Waals surface area (Å²) in [7, 11) is 1.87. The predicted octanol–water partition coefficient (Wildman–Crippen LogP) is 1.01. The molecule has 0 radical (unpaired) electrons. The predicted molar refractivity (Wildman–Crippen MR) is 86.1 cm³/mol. The summed E-state index contributed by atoms with van der Waals surface area (Å²) in [5, 5.41) is 4.17. The third kappa shape index (κ3) is 2.46. The molecule has 2 aliphatic heterocycles. The Bertz CT molecular complexity index is 724. The van der Waals surface area contributed by atoms with Crippen molar-refractivity contribution in [3.8, 4) is 0 Å². The van der Waals surface area contributed by atoms with E-state index in [9.17, 15) is 4.79 Å². The van der Waals surface area contributed by atoms with Gasteiger partial charge < -0.3 is 9.80 Å². The molecule has 2 atom stereocenters. The van der Waals surface area contributed by atoms with Crippen LogP contribution in [0, 0.1) is 18.8 Å². The van der Waals surface area contributed by atoms with E-state index in [4.69, 9.17) is 0 Å². The van der Waals surface area contributed by atoms with Gasteiger partial charge in [-0.1, -0.05) is 0 Å². The molecule has 7 heteroatoms. The minimum absolute atomic E-state index is 0.0221. The topological polar surface area (TPSA) is 67.2 Å². The number of hydrogen-bond donors (Lipinski definition) is 0. The first kappa shape index (κ1) is 14.2. The number of rotatable bonds is 2. The van der Waals surface area contributed by atoms with Gasteiger partial charge in [0.1, 0.15) is 0 Å². The van der Waals surface area contributed by atoms with Crippen LogP contribution < -0.4 is 9.80 Å². The molecule has 2 saturated heterocycles. The Morgan fingerprint density at radius 1 is 1.17 bits per heavy atom. The molecule has 120 valence electrons. The fraction of sp³-hybridized carbons (Fsp3) is 0.500. The zero-order valence-corrected chi connectivity index (χ0v) is 13.4. The van der Waals surface area contributed by atoms with Gasteiger partial charge in [0.15, 0.2) is 0 Å². The number of aromatic nitrogens is 4. The zero-order chi connectivity index (χ0) is 16.0. The summed E-state index contributed by atoms with van der Waals surface area (Å²) in [4.78, 5) is 25.7. The summed E-state index contributed by atoms with van der Waals surface area (Å²) in [5.41, 5.74) is 1.94. The molecule has 23 heavy (non-hydrogen) atoms. The van der Waals surface area contributed by atoms with Gasteiger partial charge in [-0.3, -0.25) is 9.48 Å². The average Bonchev–Trinajstić information content (AvgIpc) is 3.15. The summed E-state index contributed by atoms with van der Waals surface area (Å²) in [5.74, 6) is 1.34. The van der Waals surface area contributed by atoms with E-state index < -0.39 is 0 Å². The van der Waals surface area contributed by atoms with Gasteiger partial charge >= 0.3 is 0 Å². The summed E-state index contributed by atoms with van der Waals surface area (Å²) in [6.45, 7) is 4.29. The molecule has 0 bridgehead atoms. The van der Waals surface area contributed by atoms with Gasteiger partial charge in [0.05, 0.1) is 17.8 Å². The van der Waals surface area contributed by atoms with Gasteiger partial charge in [-0.2, -0.15) is 5.10 Å². The molecule has 2 aromatic heterocycles.